The summed E-state index contributed by atoms with van der Waals surface area (Å²) in [6.45, 7) is -0.0662. The highest BCUT2D eigenvalue weighted by Gasteiger charge is 2.15. The Kier molecular flexibility index (Phi) is 5.75. The van der Waals surface area contributed by atoms with E-state index in [1.54, 1.807) is 47.4 Å². The van der Waals surface area contributed by atoms with Crippen molar-refractivity contribution in [3.63, 3.8) is 0 Å². The molecule has 134 valence electrons. The number of nitrogens with one attached hydrogen (secondary N) is 1. The molecule has 0 saturated carbocycles. The van der Waals surface area contributed by atoms with Gasteiger partial charge in [-0.2, -0.15) is 5.10 Å². The van der Waals surface area contributed by atoms with Crippen molar-refractivity contribution in [3.8, 4) is 0 Å². The van der Waals surface area contributed by atoms with E-state index in [0.717, 1.165) is 4.47 Å². The fourth-order valence-corrected chi connectivity index (χ4v) is 2.83. The molecule has 0 aliphatic carbocycles. The summed E-state index contributed by atoms with van der Waals surface area (Å²) >= 11 is 9.29. The third-order valence-electron chi connectivity index (χ3n) is 3.28. The van der Waals surface area contributed by atoms with Gasteiger partial charge in [0.2, 0.25) is 5.76 Å². The van der Waals surface area contributed by atoms with E-state index in [4.69, 9.17) is 20.8 Å². The van der Waals surface area contributed by atoms with Crippen LogP contribution in [0.4, 0.5) is 5.69 Å². The van der Waals surface area contributed by atoms with Crippen LogP contribution in [0, 0.1) is 0 Å². The van der Waals surface area contributed by atoms with Gasteiger partial charge in [0, 0.05) is 16.9 Å². The number of hydrogen-bond acceptors (Lipinski definition) is 5. The van der Waals surface area contributed by atoms with E-state index in [1.165, 1.54) is 6.07 Å². The minimum absolute atomic E-state index is 0.0154. The number of nitrogens with zero attached hydrogens (tertiary/aromatic N) is 2. The Hall–Kier alpha value is -2.58. The number of hydrogen-bond donors (Lipinski definition) is 1. The third kappa shape index (κ3) is 4.74. The lowest BCUT2D eigenvalue weighted by atomic mass is 10.3. The number of furan rings is 1. The number of esters is 1. The van der Waals surface area contributed by atoms with Gasteiger partial charge in [0.05, 0.1) is 17.3 Å². The van der Waals surface area contributed by atoms with Crippen LogP contribution in [0.25, 0.3) is 0 Å². The Morgan fingerprint density at radius 3 is 2.88 bits per heavy atom. The second-order valence-corrected chi connectivity index (χ2v) is 6.54. The van der Waals surface area contributed by atoms with Crippen molar-refractivity contribution >= 4 is 45.1 Å². The van der Waals surface area contributed by atoms with Gasteiger partial charge in [0.15, 0.2) is 6.61 Å². The molecular formula is C17H13BrClN3O4. The van der Waals surface area contributed by atoms with Crippen molar-refractivity contribution in [1.29, 1.82) is 0 Å². The molecule has 9 heteroatoms. The average molecular weight is 439 g/mol. The maximum atomic E-state index is 12.0. The van der Waals surface area contributed by atoms with Crippen molar-refractivity contribution in [2.45, 2.75) is 6.54 Å². The highest BCUT2D eigenvalue weighted by molar-refractivity contribution is 9.10. The van der Waals surface area contributed by atoms with Crippen molar-refractivity contribution < 1.29 is 18.7 Å². The zero-order valence-corrected chi connectivity index (χ0v) is 15.7. The summed E-state index contributed by atoms with van der Waals surface area (Å²) in [5.41, 5.74) is 0.426. The summed E-state index contributed by atoms with van der Waals surface area (Å²) in [6, 6.07) is 9.95. The normalized spacial score (nSPS) is 10.5. The molecule has 1 aromatic carbocycles. The number of carbonyl (C=O) groups is 2. The Morgan fingerprint density at radius 2 is 2.15 bits per heavy atom. The number of ether oxygens (including phenoxy) is 1. The first kappa shape index (κ1) is 18.2. The Morgan fingerprint density at radius 1 is 1.31 bits per heavy atom. The molecule has 2 aromatic heterocycles. The molecule has 7 nitrogen and oxygen atoms in total. The first-order valence-corrected chi connectivity index (χ1v) is 8.66. The van der Waals surface area contributed by atoms with Crippen LogP contribution in [0.5, 0.6) is 0 Å². The minimum Gasteiger partial charge on any atom is -0.452 e. The fraction of sp³-hybridized carbons (Fsp3) is 0.118. The van der Waals surface area contributed by atoms with Gasteiger partial charge in [0.1, 0.15) is 5.76 Å². The summed E-state index contributed by atoms with van der Waals surface area (Å²) in [6.07, 6.45) is 3.42. The van der Waals surface area contributed by atoms with Gasteiger partial charge in [-0.3, -0.25) is 9.48 Å². The van der Waals surface area contributed by atoms with Crippen molar-refractivity contribution in [1.82, 2.24) is 9.78 Å². The summed E-state index contributed by atoms with van der Waals surface area (Å²) in [5, 5.41) is 6.99. The molecule has 0 saturated heterocycles. The zero-order chi connectivity index (χ0) is 18.5. The maximum absolute atomic E-state index is 12.0. The number of amides is 1. The van der Waals surface area contributed by atoms with Gasteiger partial charge in [-0.15, -0.1) is 0 Å². The molecule has 26 heavy (non-hydrogen) atoms. The van der Waals surface area contributed by atoms with Gasteiger partial charge in [-0.05, 0) is 36.4 Å². The highest BCUT2D eigenvalue weighted by Crippen LogP contribution is 2.25. The number of carbonyl (C=O) groups excluding carboxylic acids is 2. The van der Waals surface area contributed by atoms with Crippen LogP contribution in [0.3, 0.4) is 0 Å². The molecule has 0 unspecified atom stereocenters. The predicted octanol–water partition coefficient (Wildman–Crippen LogP) is 3.74. The SMILES string of the molecule is O=C(COC(=O)c1ccc(Cn2cccn2)o1)Nc1ccc(Br)cc1Cl. The highest BCUT2D eigenvalue weighted by atomic mass is 79.9. The molecule has 1 N–H and O–H groups in total. The number of anilines is 1. The van der Waals surface area contributed by atoms with E-state index in [1.807, 2.05) is 0 Å². The number of rotatable bonds is 6. The molecule has 0 fully saturated rings. The average Bonchev–Trinajstić information content (AvgIpc) is 3.28. The maximum Gasteiger partial charge on any atom is 0.374 e. The van der Waals surface area contributed by atoms with Crippen LogP contribution in [-0.4, -0.2) is 28.3 Å². The second-order valence-electron chi connectivity index (χ2n) is 5.22. The van der Waals surface area contributed by atoms with Crippen LogP contribution in [0.1, 0.15) is 16.3 Å². The standard InChI is InChI=1S/C17H13BrClN3O4/c18-11-2-4-14(13(19)8-11)21-16(23)10-25-17(24)15-5-3-12(26-15)9-22-7-1-6-20-22/h1-8H,9-10H2,(H,21,23). The zero-order valence-electron chi connectivity index (χ0n) is 13.3. The molecule has 0 aliphatic heterocycles. The Labute approximate surface area is 162 Å². The molecule has 0 bridgehead atoms. The molecule has 3 aromatic rings. The van der Waals surface area contributed by atoms with E-state index in [9.17, 15) is 9.59 Å². The molecule has 3 rings (SSSR count). The quantitative estimate of drug-likeness (QED) is 0.593. The largest absolute Gasteiger partial charge is 0.452 e. The third-order valence-corrected chi connectivity index (χ3v) is 4.09. The second kappa shape index (κ2) is 8.20. The molecular weight excluding hydrogens is 426 g/mol. The molecule has 0 atom stereocenters. The van der Waals surface area contributed by atoms with E-state index < -0.39 is 18.5 Å². The van der Waals surface area contributed by atoms with Crippen LogP contribution >= 0.6 is 27.5 Å². The lowest BCUT2D eigenvalue weighted by molar-refractivity contribution is -0.119. The first-order chi connectivity index (χ1) is 12.5. The van der Waals surface area contributed by atoms with E-state index >= 15 is 0 Å². The van der Waals surface area contributed by atoms with E-state index in [2.05, 4.69) is 26.3 Å². The summed E-state index contributed by atoms with van der Waals surface area (Å²) in [7, 11) is 0. The first-order valence-electron chi connectivity index (χ1n) is 7.49. The Bertz CT molecular complexity index is 924. The van der Waals surface area contributed by atoms with Crippen molar-refractivity contribution in [2.75, 3.05) is 11.9 Å². The predicted molar refractivity (Wildman–Crippen MR) is 98.1 cm³/mol. The summed E-state index contributed by atoms with van der Waals surface area (Å²) in [4.78, 5) is 23.9. The molecule has 0 radical (unpaired) electrons. The van der Waals surface area contributed by atoms with Crippen LogP contribution in [0.2, 0.25) is 5.02 Å². The minimum atomic E-state index is -0.728. The van der Waals surface area contributed by atoms with Gasteiger partial charge in [-0.25, -0.2) is 4.79 Å². The Balaban J connectivity index is 1.52. The summed E-state index contributed by atoms with van der Waals surface area (Å²) in [5.74, 6) is -0.673. The molecule has 1 amide bonds. The van der Waals surface area contributed by atoms with Crippen molar-refractivity contribution in [3.05, 3.63) is 69.8 Å². The number of benzene rings is 1. The van der Waals surface area contributed by atoms with Crippen LogP contribution < -0.4 is 5.32 Å². The monoisotopic (exact) mass is 437 g/mol. The van der Waals surface area contributed by atoms with Gasteiger partial charge >= 0.3 is 5.97 Å². The van der Waals surface area contributed by atoms with Crippen LogP contribution in [0.15, 0.2) is 57.7 Å². The summed E-state index contributed by atoms with van der Waals surface area (Å²) < 4.78 is 12.8. The molecule has 2 heterocycles. The lowest BCUT2D eigenvalue weighted by Crippen LogP contribution is -2.20. The van der Waals surface area contributed by atoms with E-state index in [-0.39, 0.29) is 5.76 Å². The van der Waals surface area contributed by atoms with Crippen LogP contribution in [-0.2, 0) is 16.1 Å². The lowest BCUT2D eigenvalue weighted by Gasteiger charge is -2.07. The molecule has 0 spiro atoms. The topological polar surface area (TPSA) is 86.4 Å². The number of aromatic nitrogens is 2. The van der Waals surface area contributed by atoms with Gasteiger partial charge in [-0.1, -0.05) is 27.5 Å². The van der Waals surface area contributed by atoms with Gasteiger partial charge < -0.3 is 14.5 Å². The smallest absolute Gasteiger partial charge is 0.374 e. The van der Waals surface area contributed by atoms with Crippen molar-refractivity contribution in [2.24, 2.45) is 0 Å². The van der Waals surface area contributed by atoms with Gasteiger partial charge in [0.25, 0.3) is 5.91 Å². The van der Waals surface area contributed by atoms with E-state index in [0.29, 0.717) is 23.0 Å². The fourth-order valence-electron chi connectivity index (χ4n) is 2.11. The number of halogens is 2. The molecule has 0 aliphatic rings.